The maximum absolute atomic E-state index is 11.6. The number of pyridine rings is 1. The van der Waals surface area contributed by atoms with Gasteiger partial charge in [-0.2, -0.15) is 0 Å². The van der Waals surface area contributed by atoms with Gasteiger partial charge in [-0.15, -0.1) is 0 Å². The minimum absolute atomic E-state index is 0.314. The Kier molecular flexibility index (Phi) is 3.72. The summed E-state index contributed by atoms with van der Waals surface area (Å²) in [5, 5.41) is 5.34. The molecule has 0 saturated heterocycles. The van der Waals surface area contributed by atoms with Gasteiger partial charge < -0.3 is 5.32 Å². The Balaban J connectivity index is 1.96. The van der Waals surface area contributed by atoms with E-state index in [9.17, 15) is 4.79 Å². The molecule has 1 aromatic carbocycles. The lowest BCUT2D eigenvalue weighted by molar-refractivity contribution is 0.262. The van der Waals surface area contributed by atoms with Crippen LogP contribution < -0.4 is 10.6 Å². The average Bonchev–Trinajstić information content (AvgIpc) is 2.33. The Hall–Kier alpha value is -1.88. The Morgan fingerprint density at radius 3 is 2.47 bits per heavy atom. The first-order valence-electron chi connectivity index (χ1n) is 4.98. The smallest absolute Gasteiger partial charge is 0.308 e. The number of aromatic nitrogens is 1. The number of rotatable bonds is 2. The molecule has 2 rings (SSSR count). The van der Waals surface area contributed by atoms with E-state index in [0.29, 0.717) is 5.82 Å². The number of halogens is 1. The summed E-state index contributed by atoms with van der Waals surface area (Å²) in [4.78, 5) is 15.6. The molecule has 1 heterocycles. The molecule has 0 atom stereocenters. The number of carbonyl (C=O) groups excluding carboxylic acids is 1. The van der Waals surface area contributed by atoms with Crippen molar-refractivity contribution in [2.45, 2.75) is 0 Å². The van der Waals surface area contributed by atoms with Gasteiger partial charge in [0.25, 0.3) is 0 Å². The minimum atomic E-state index is -0.314. The molecule has 0 spiro atoms. The highest BCUT2D eigenvalue weighted by Gasteiger charge is 2.02. The van der Waals surface area contributed by atoms with Crippen LogP contribution >= 0.6 is 15.9 Å². The predicted molar refractivity (Wildman–Crippen MR) is 71.0 cm³/mol. The van der Waals surface area contributed by atoms with Gasteiger partial charge in [0.05, 0.1) is 0 Å². The van der Waals surface area contributed by atoms with E-state index in [1.165, 1.54) is 0 Å². The van der Waals surface area contributed by atoms with Gasteiger partial charge in [-0.3, -0.25) is 5.32 Å². The van der Waals surface area contributed by atoms with Crippen LogP contribution in [0.1, 0.15) is 0 Å². The maximum atomic E-state index is 11.6. The second-order valence-electron chi connectivity index (χ2n) is 3.31. The first kappa shape index (κ1) is 11.6. The average molecular weight is 292 g/mol. The highest BCUT2D eigenvalue weighted by atomic mass is 79.9. The molecular formula is C12H10BrN3O. The molecule has 1 aromatic heterocycles. The fraction of sp³-hybridized carbons (Fsp3) is 0. The number of carbonyl (C=O) groups is 1. The number of urea groups is 1. The summed E-state index contributed by atoms with van der Waals surface area (Å²) >= 11 is 3.27. The largest absolute Gasteiger partial charge is 0.324 e. The van der Waals surface area contributed by atoms with Crippen LogP contribution in [0.15, 0.2) is 53.1 Å². The zero-order chi connectivity index (χ0) is 12.1. The maximum Gasteiger partial charge on any atom is 0.324 e. The summed E-state index contributed by atoms with van der Waals surface area (Å²) in [6.07, 6.45) is 1.62. The van der Waals surface area contributed by atoms with Gasteiger partial charge in [0.2, 0.25) is 0 Å². The quantitative estimate of drug-likeness (QED) is 0.890. The highest BCUT2D eigenvalue weighted by Crippen LogP contribution is 2.11. The van der Waals surface area contributed by atoms with Crippen molar-refractivity contribution in [2.75, 3.05) is 10.6 Å². The molecule has 86 valence electrons. The number of anilines is 2. The van der Waals surface area contributed by atoms with Crippen molar-refractivity contribution in [2.24, 2.45) is 0 Å². The predicted octanol–water partition coefficient (Wildman–Crippen LogP) is 3.49. The second kappa shape index (κ2) is 5.45. The van der Waals surface area contributed by atoms with Crippen molar-refractivity contribution in [3.63, 3.8) is 0 Å². The zero-order valence-electron chi connectivity index (χ0n) is 8.85. The summed E-state index contributed by atoms with van der Waals surface area (Å²) in [7, 11) is 0. The van der Waals surface area contributed by atoms with Crippen LogP contribution in [0.25, 0.3) is 0 Å². The van der Waals surface area contributed by atoms with Gasteiger partial charge in [-0.25, -0.2) is 9.78 Å². The zero-order valence-corrected chi connectivity index (χ0v) is 10.4. The third kappa shape index (κ3) is 3.57. The summed E-state index contributed by atoms with van der Waals surface area (Å²) < 4.78 is 0.867. The Labute approximate surface area is 107 Å². The molecule has 2 N–H and O–H groups in total. The number of nitrogens with one attached hydrogen (secondary N) is 2. The number of amides is 2. The van der Waals surface area contributed by atoms with E-state index in [-0.39, 0.29) is 6.03 Å². The molecule has 2 aromatic rings. The molecule has 0 aliphatic rings. The molecule has 17 heavy (non-hydrogen) atoms. The molecule has 0 fully saturated rings. The fourth-order valence-corrected chi connectivity index (χ4v) is 1.48. The van der Waals surface area contributed by atoms with Crippen molar-refractivity contribution in [3.8, 4) is 0 Å². The third-order valence-corrected chi connectivity index (χ3v) is 2.47. The van der Waals surface area contributed by atoms with E-state index >= 15 is 0 Å². The van der Waals surface area contributed by atoms with E-state index in [1.54, 1.807) is 12.3 Å². The number of hydrogen-bond donors (Lipinski definition) is 2. The molecule has 0 radical (unpaired) electrons. The van der Waals surface area contributed by atoms with Crippen molar-refractivity contribution >= 4 is 33.5 Å². The van der Waals surface area contributed by atoms with Gasteiger partial charge in [-0.1, -0.05) is 18.2 Å². The van der Waals surface area contributed by atoms with Gasteiger partial charge in [0, 0.05) is 16.4 Å². The molecule has 0 bridgehead atoms. The Bertz CT molecular complexity index is 499. The van der Waals surface area contributed by atoms with E-state index in [0.717, 1.165) is 10.2 Å². The lowest BCUT2D eigenvalue weighted by atomic mass is 10.3. The van der Waals surface area contributed by atoms with Crippen LogP contribution in [0.3, 0.4) is 0 Å². The van der Waals surface area contributed by atoms with E-state index < -0.39 is 0 Å². The number of hydrogen-bond acceptors (Lipinski definition) is 2. The van der Waals surface area contributed by atoms with Crippen LogP contribution in [-0.4, -0.2) is 11.0 Å². The lowest BCUT2D eigenvalue weighted by Crippen LogP contribution is -2.19. The summed E-state index contributed by atoms with van der Waals surface area (Å²) in [5.74, 6) is 0.502. The van der Waals surface area contributed by atoms with Gasteiger partial charge >= 0.3 is 6.03 Å². The molecule has 0 saturated carbocycles. The number of para-hydroxylation sites is 1. The summed E-state index contributed by atoms with van der Waals surface area (Å²) in [6.45, 7) is 0. The van der Waals surface area contributed by atoms with Crippen LogP contribution in [0.2, 0.25) is 0 Å². The summed E-state index contributed by atoms with van der Waals surface area (Å²) in [6, 6.07) is 12.4. The van der Waals surface area contributed by atoms with E-state index in [4.69, 9.17) is 0 Å². The van der Waals surface area contributed by atoms with Gasteiger partial charge in [0.15, 0.2) is 0 Å². The number of nitrogens with zero attached hydrogens (tertiary/aromatic N) is 1. The van der Waals surface area contributed by atoms with E-state index in [2.05, 4.69) is 31.5 Å². The molecule has 4 nitrogen and oxygen atoms in total. The molecule has 0 unspecified atom stereocenters. The van der Waals surface area contributed by atoms with Crippen LogP contribution in [-0.2, 0) is 0 Å². The molecule has 0 aliphatic heterocycles. The van der Waals surface area contributed by atoms with Crippen molar-refractivity contribution in [3.05, 3.63) is 53.1 Å². The third-order valence-electron chi connectivity index (χ3n) is 2.00. The van der Waals surface area contributed by atoms with Crippen LogP contribution in [0.4, 0.5) is 16.3 Å². The SMILES string of the molecule is O=C(Nc1ccccc1)Nc1ccc(Br)cn1. The minimum Gasteiger partial charge on any atom is -0.308 e. The standard InChI is InChI=1S/C12H10BrN3O/c13-9-6-7-11(14-8-9)16-12(17)15-10-4-2-1-3-5-10/h1-8H,(H2,14,15,16,17). The van der Waals surface area contributed by atoms with E-state index in [1.807, 2.05) is 36.4 Å². The normalized spacial score (nSPS) is 9.71. The highest BCUT2D eigenvalue weighted by molar-refractivity contribution is 9.10. The first-order valence-corrected chi connectivity index (χ1v) is 5.78. The first-order chi connectivity index (χ1) is 8.24. The van der Waals surface area contributed by atoms with Crippen molar-refractivity contribution in [1.29, 1.82) is 0 Å². The molecule has 5 heteroatoms. The fourth-order valence-electron chi connectivity index (χ4n) is 1.25. The Morgan fingerprint density at radius 2 is 1.82 bits per heavy atom. The molecular weight excluding hydrogens is 282 g/mol. The Morgan fingerprint density at radius 1 is 1.06 bits per heavy atom. The monoisotopic (exact) mass is 291 g/mol. The topological polar surface area (TPSA) is 54.0 Å². The van der Waals surface area contributed by atoms with Gasteiger partial charge in [0.1, 0.15) is 5.82 Å². The molecule has 0 aliphatic carbocycles. The molecule has 2 amide bonds. The van der Waals surface area contributed by atoms with Crippen LogP contribution in [0, 0.1) is 0 Å². The lowest BCUT2D eigenvalue weighted by Gasteiger charge is -2.06. The number of benzene rings is 1. The van der Waals surface area contributed by atoms with Crippen molar-refractivity contribution < 1.29 is 4.79 Å². The summed E-state index contributed by atoms with van der Waals surface area (Å²) in [5.41, 5.74) is 0.738. The van der Waals surface area contributed by atoms with Crippen LogP contribution in [0.5, 0.6) is 0 Å². The second-order valence-corrected chi connectivity index (χ2v) is 4.22. The van der Waals surface area contributed by atoms with Gasteiger partial charge in [-0.05, 0) is 40.2 Å². The van der Waals surface area contributed by atoms with Crippen molar-refractivity contribution in [1.82, 2.24) is 4.98 Å².